The third-order valence-electron chi connectivity index (χ3n) is 5.01. The minimum absolute atomic E-state index is 0.172. The average Bonchev–Trinajstić information content (AvgIpc) is 3.16. The van der Waals surface area contributed by atoms with E-state index in [2.05, 4.69) is 48.2 Å². The molecule has 2 aromatic rings. The normalized spacial score (nSPS) is 17.8. The van der Waals surface area contributed by atoms with Crippen LogP contribution in [0.2, 0.25) is 0 Å². The number of carbonyl (C=O) groups excluding carboxylic acids is 1. The molecule has 1 aromatic carbocycles. The van der Waals surface area contributed by atoms with Gasteiger partial charge in [-0.2, -0.15) is 0 Å². The largest absolute Gasteiger partial charge is 0.378 e. The highest BCUT2D eigenvalue weighted by atomic mass is 79.9. The van der Waals surface area contributed by atoms with E-state index in [-0.39, 0.29) is 5.91 Å². The Morgan fingerprint density at radius 1 is 1.11 bits per heavy atom. The van der Waals surface area contributed by atoms with E-state index in [1.165, 1.54) is 36.3 Å². The van der Waals surface area contributed by atoms with Gasteiger partial charge in [-0.05, 0) is 53.4 Å². The number of morpholine rings is 1. The molecule has 0 radical (unpaired) electrons. The van der Waals surface area contributed by atoms with Crippen molar-refractivity contribution in [2.24, 2.45) is 0 Å². The summed E-state index contributed by atoms with van der Waals surface area (Å²) >= 11 is 4.73. The van der Waals surface area contributed by atoms with E-state index < -0.39 is 0 Å². The lowest BCUT2D eigenvalue weighted by Crippen LogP contribution is -2.36. The van der Waals surface area contributed by atoms with Gasteiger partial charge in [0.1, 0.15) is 5.69 Å². The van der Waals surface area contributed by atoms with Crippen LogP contribution in [0.25, 0.3) is 0 Å². The molecule has 6 nitrogen and oxygen atoms in total. The molecule has 2 aliphatic heterocycles. The second-order valence-electron chi connectivity index (χ2n) is 6.79. The smallest absolute Gasteiger partial charge is 0.275 e. The molecule has 1 amide bonds. The minimum Gasteiger partial charge on any atom is -0.378 e. The van der Waals surface area contributed by atoms with E-state index >= 15 is 0 Å². The van der Waals surface area contributed by atoms with Crippen LogP contribution in [0.3, 0.4) is 0 Å². The molecule has 2 saturated heterocycles. The number of hydrogen-bond acceptors (Lipinski definition) is 6. The van der Waals surface area contributed by atoms with Crippen LogP contribution >= 0.6 is 27.3 Å². The van der Waals surface area contributed by atoms with Crippen LogP contribution in [0.5, 0.6) is 0 Å². The molecule has 1 N–H and O–H groups in total. The lowest BCUT2D eigenvalue weighted by atomic mass is 10.1. The van der Waals surface area contributed by atoms with Gasteiger partial charge in [-0.3, -0.25) is 4.79 Å². The number of carbonyl (C=O) groups is 1. The van der Waals surface area contributed by atoms with Crippen molar-refractivity contribution in [3.05, 3.63) is 33.2 Å². The number of piperidine rings is 1. The predicted molar refractivity (Wildman–Crippen MR) is 113 cm³/mol. The molecule has 0 unspecified atom stereocenters. The first-order valence-corrected chi connectivity index (χ1v) is 11.0. The molecule has 27 heavy (non-hydrogen) atoms. The maximum absolute atomic E-state index is 12.6. The van der Waals surface area contributed by atoms with Gasteiger partial charge in [0.2, 0.25) is 0 Å². The Kier molecular flexibility index (Phi) is 5.95. The van der Waals surface area contributed by atoms with Crippen LogP contribution in [0.1, 0.15) is 29.8 Å². The number of ether oxygens (including phenoxy) is 1. The van der Waals surface area contributed by atoms with Crippen molar-refractivity contribution < 1.29 is 9.53 Å². The molecule has 3 heterocycles. The molecular weight excluding hydrogens is 428 g/mol. The molecule has 0 saturated carbocycles. The molecule has 0 atom stereocenters. The van der Waals surface area contributed by atoms with E-state index in [0.29, 0.717) is 9.61 Å². The van der Waals surface area contributed by atoms with Crippen molar-refractivity contribution >= 4 is 50.2 Å². The first-order valence-electron chi connectivity index (χ1n) is 9.35. The van der Waals surface area contributed by atoms with E-state index in [1.807, 2.05) is 6.07 Å². The second kappa shape index (κ2) is 8.58. The van der Waals surface area contributed by atoms with Crippen molar-refractivity contribution in [2.75, 3.05) is 54.5 Å². The highest BCUT2D eigenvalue weighted by molar-refractivity contribution is 9.11. The van der Waals surface area contributed by atoms with Crippen LogP contribution in [-0.2, 0) is 4.74 Å². The number of aromatic nitrogens is 1. The Hall–Kier alpha value is -1.64. The fourth-order valence-corrected chi connectivity index (χ4v) is 4.57. The van der Waals surface area contributed by atoms with Crippen molar-refractivity contribution in [2.45, 2.75) is 19.3 Å². The van der Waals surface area contributed by atoms with Gasteiger partial charge in [0.25, 0.3) is 5.91 Å². The highest BCUT2D eigenvalue weighted by Gasteiger charge is 2.20. The summed E-state index contributed by atoms with van der Waals surface area (Å²) in [5.41, 5.74) is 3.58. The highest BCUT2D eigenvalue weighted by Crippen LogP contribution is 2.33. The molecule has 144 valence electrons. The van der Waals surface area contributed by atoms with Crippen LogP contribution in [0.15, 0.2) is 27.5 Å². The summed E-state index contributed by atoms with van der Waals surface area (Å²) in [4.78, 5) is 21.6. The minimum atomic E-state index is -0.172. The number of nitrogens with zero attached hydrogens (tertiary/aromatic N) is 3. The van der Waals surface area contributed by atoms with Gasteiger partial charge in [-0.25, -0.2) is 4.98 Å². The van der Waals surface area contributed by atoms with Gasteiger partial charge >= 0.3 is 0 Å². The predicted octanol–water partition coefficient (Wildman–Crippen LogP) is 3.98. The quantitative estimate of drug-likeness (QED) is 0.762. The molecule has 2 aliphatic rings. The third kappa shape index (κ3) is 4.44. The van der Waals surface area contributed by atoms with Gasteiger partial charge in [0.05, 0.1) is 24.6 Å². The molecule has 1 aromatic heterocycles. The topological polar surface area (TPSA) is 57.7 Å². The van der Waals surface area contributed by atoms with E-state index in [1.54, 1.807) is 5.38 Å². The fourth-order valence-electron chi connectivity index (χ4n) is 3.58. The lowest BCUT2D eigenvalue weighted by molar-refractivity contribution is 0.102. The molecule has 0 aliphatic carbocycles. The van der Waals surface area contributed by atoms with E-state index in [4.69, 9.17) is 4.74 Å². The monoisotopic (exact) mass is 450 g/mol. The summed E-state index contributed by atoms with van der Waals surface area (Å²) in [7, 11) is 0. The number of benzene rings is 1. The third-order valence-corrected chi connectivity index (χ3v) is 6.38. The number of halogens is 1. The summed E-state index contributed by atoms with van der Waals surface area (Å²) < 4.78 is 6.19. The first kappa shape index (κ1) is 18.7. The SMILES string of the molecule is O=C(Nc1ccc(N2CCOCC2)cc1N1CCCCC1)c1csc(Br)n1. The second-order valence-corrected chi connectivity index (χ2v) is 8.92. The molecular formula is C19H23BrN4O2S. The Morgan fingerprint density at radius 3 is 2.59 bits per heavy atom. The summed E-state index contributed by atoms with van der Waals surface area (Å²) in [6.07, 6.45) is 3.65. The number of hydrogen-bond donors (Lipinski definition) is 1. The Labute approximate surface area is 171 Å². The summed E-state index contributed by atoms with van der Waals surface area (Å²) in [6, 6.07) is 6.32. The summed E-state index contributed by atoms with van der Waals surface area (Å²) in [6.45, 7) is 5.37. The maximum Gasteiger partial charge on any atom is 0.275 e. The molecule has 2 fully saturated rings. The van der Waals surface area contributed by atoms with Crippen molar-refractivity contribution in [3.8, 4) is 0 Å². The summed E-state index contributed by atoms with van der Waals surface area (Å²) in [5, 5.41) is 4.83. The first-order chi connectivity index (χ1) is 13.2. The van der Waals surface area contributed by atoms with Crippen molar-refractivity contribution in [1.29, 1.82) is 0 Å². The Morgan fingerprint density at radius 2 is 1.89 bits per heavy atom. The average molecular weight is 451 g/mol. The van der Waals surface area contributed by atoms with E-state index in [9.17, 15) is 4.79 Å². The standard InChI is InChI=1S/C19H23BrN4O2S/c20-19-22-16(13-27-19)18(25)21-15-5-4-14(23-8-10-26-11-9-23)12-17(15)24-6-2-1-3-7-24/h4-5,12-13H,1-3,6-11H2,(H,21,25). The van der Waals surface area contributed by atoms with Gasteiger partial charge in [-0.15, -0.1) is 11.3 Å². The lowest BCUT2D eigenvalue weighted by Gasteiger charge is -2.33. The molecule has 4 rings (SSSR count). The van der Waals surface area contributed by atoms with Crippen LogP contribution in [0.4, 0.5) is 17.1 Å². The van der Waals surface area contributed by atoms with Crippen LogP contribution in [-0.4, -0.2) is 50.3 Å². The zero-order chi connectivity index (χ0) is 18.6. The van der Waals surface area contributed by atoms with Gasteiger partial charge in [0.15, 0.2) is 3.92 Å². The summed E-state index contributed by atoms with van der Waals surface area (Å²) in [5.74, 6) is -0.172. The number of amides is 1. The Balaban J connectivity index is 1.61. The van der Waals surface area contributed by atoms with E-state index in [0.717, 1.165) is 50.8 Å². The fraction of sp³-hybridized carbons (Fsp3) is 0.474. The van der Waals surface area contributed by atoms with Crippen LogP contribution < -0.4 is 15.1 Å². The molecule has 8 heteroatoms. The molecule has 0 spiro atoms. The zero-order valence-electron chi connectivity index (χ0n) is 15.1. The number of thiazole rings is 1. The Bertz CT molecular complexity index is 801. The number of anilines is 3. The number of rotatable bonds is 4. The van der Waals surface area contributed by atoms with Gasteiger partial charge < -0.3 is 19.9 Å². The maximum atomic E-state index is 12.6. The van der Waals surface area contributed by atoms with Crippen LogP contribution in [0, 0.1) is 0 Å². The molecule has 0 bridgehead atoms. The number of nitrogens with one attached hydrogen (secondary N) is 1. The van der Waals surface area contributed by atoms with Crippen molar-refractivity contribution in [1.82, 2.24) is 4.98 Å². The van der Waals surface area contributed by atoms with Crippen molar-refractivity contribution in [3.63, 3.8) is 0 Å². The van der Waals surface area contributed by atoms with Gasteiger partial charge in [-0.1, -0.05) is 0 Å². The zero-order valence-corrected chi connectivity index (χ0v) is 17.5. The van der Waals surface area contributed by atoms with Gasteiger partial charge in [0, 0.05) is 37.2 Å².